The highest BCUT2D eigenvalue weighted by molar-refractivity contribution is 9.10. The Bertz CT molecular complexity index is 545. The zero-order chi connectivity index (χ0) is 14.4. The molecule has 0 amide bonds. The molecule has 0 aliphatic heterocycles. The molecule has 0 saturated heterocycles. The Hall–Kier alpha value is -1.06. The van der Waals surface area contributed by atoms with E-state index in [-0.39, 0.29) is 6.04 Å². The van der Waals surface area contributed by atoms with Crippen molar-refractivity contribution < 1.29 is 0 Å². The second-order valence-corrected chi connectivity index (χ2v) is 6.02. The van der Waals surface area contributed by atoms with Gasteiger partial charge in [-0.25, -0.2) is 4.98 Å². The summed E-state index contributed by atoms with van der Waals surface area (Å²) >= 11 is 9.60. The highest BCUT2D eigenvalue weighted by Gasteiger charge is 2.13. The van der Waals surface area contributed by atoms with Crippen molar-refractivity contribution in [3.05, 3.63) is 57.8 Å². The van der Waals surface area contributed by atoms with E-state index < -0.39 is 0 Å². The van der Waals surface area contributed by atoms with Crippen LogP contribution in [-0.4, -0.2) is 4.98 Å². The molecule has 20 heavy (non-hydrogen) atoms. The standard InChI is InChI=1S/C16H18BrClN2/c1-2-3-9-14(12-7-5-4-6-8-12)20-15-10-13(17)11-19-16(15)18/h4-8,10-11,14,20H,2-3,9H2,1H3. The number of hydrogen-bond acceptors (Lipinski definition) is 2. The highest BCUT2D eigenvalue weighted by atomic mass is 79.9. The van der Waals surface area contributed by atoms with Crippen LogP contribution in [0.25, 0.3) is 0 Å². The van der Waals surface area contributed by atoms with Crippen LogP contribution < -0.4 is 5.32 Å². The van der Waals surface area contributed by atoms with Crippen molar-refractivity contribution in [1.82, 2.24) is 4.98 Å². The van der Waals surface area contributed by atoms with Gasteiger partial charge in [0.15, 0.2) is 5.15 Å². The predicted octanol–water partition coefficient (Wildman–Crippen LogP) is 5.84. The monoisotopic (exact) mass is 352 g/mol. The molecule has 0 fully saturated rings. The molecule has 2 aromatic rings. The summed E-state index contributed by atoms with van der Waals surface area (Å²) in [4.78, 5) is 4.16. The average Bonchev–Trinajstić information content (AvgIpc) is 2.48. The summed E-state index contributed by atoms with van der Waals surface area (Å²) in [5.74, 6) is 0. The zero-order valence-corrected chi connectivity index (χ0v) is 13.8. The quantitative estimate of drug-likeness (QED) is 0.660. The fourth-order valence-electron chi connectivity index (χ4n) is 2.13. The number of nitrogens with one attached hydrogen (secondary N) is 1. The largest absolute Gasteiger partial charge is 0.376 e. The van der Waals surface area contributed by atoms with Gasteiger partial charge in [-0.2, -0.15) is 0 Å². The van der Waals surface area contributed by atoms with Crippen molar-refractivity contribution in [2.24, 2.45) is 0 Å². The number of unbranched alkanes of at least 4 members (excludes halogenated alkanes) is 1. The molecule has 1 N–H and O–H groups in total. The molecule has 106 valence electrons. The predicted molar refractivity (Wildman–Crippen MR) is 89.3 cm³/mol. The van der Waals surface area contributed by atoms with Crippen molar-refractivity contribution in [3.8, 4) is 0 Å². The Morgan fingerprint density at radius 3 is 2.75 bits per heavy atom. The van der Waals surface area contributed by atoms with Crippen molar-refractivity contribution in [1.29, 1.82) is 0 Å². The summed E-state index contributed by atoms with van der Waals surface area (Å²) in [6.45, 7) is 2.20. The first-order valence-electron chi connectivity index (χ1n) is 6.83. The van der Waals surface area contributed by atoms with Crippen molar-refractivity contribution in [2.75, 3.05) is 5.32 Å². The topological polar surface area (TPSA) is 24.9 Å². The van der Waals surface area contributed by atoms with Gasteiger partial charge in [0.05, 0.1) is 11.7 Å². The second-order valence-electron chi connectivity index (χ2n) is 4.74. The van der Waals surface area contributed by atoms with E-state index in [9.17, 15) is 0 Å². The maximum absolute atomic E-state index is 6.17. The third kappa shape index (κ3) is 4.22. The summed E-state index contributed by atoms with van der Waals surface area (Å²) < 4.78 is 0.923. The molecule has 0 aliphatic rings. The van der Waals surface area contributed by atoms with E-state index in [2.05, 4.69) is 57.4 Å². The zero-order valence-electron chi connectivity index (χ0n) is 11.4. The minimum atomic E-state index is 0.254. The van der Waals surface area contributed by atoms with E-state index in [0.717, 1.165) is 16.6 Å². The molecule has 1 aromatic carbocycles. The molecule has 0 bridgehead atoms. The summed E-state index contributed by atoms with van der Waals surface area (Å²) in [6.07, 6.45) is 5.13. The van der Waals surface area contributed by atoms with Crippen LogP contribution in [0.4, 0.5) is 5.69 Å². The highest BCUT2D eigenvalue weighted by Crippen LogP contribution is 2.29. The lowest BCUT2D eigenvalue weighted by Crippen LogP contribution is -2.11. The van der Waals surface area contributed by atoms with Crippen LogP contribution in [0, 0.1) is 0 Å². The lowest BCUT2D eigenvalue weighted by Gasteiger charge is -2.21. The normalized spacial score (nSPS) is 12.2. The number of hydrogen-bond donors (Lipinski definition) is 1. The van der Waals surface area contributed by atoms with Crippen LogP contribution in [0.2, 0.25) is 5.15 Å². The Balaban J connectivity index is 2.21. The third-order valence-corrected chi connectivity index (χ3v) is 3.92. The van der Waals surface area contributed by atoms with E-state index in [1.807, 2.05) is 12.1 Å². The van der Waals surface area contributed by atoms with Crippen LogP contribution in [0.5, 0.6) is 0 Å². The number of rotatable bonds is 6. The Morgan fingerprint density at radius 1 is 1.30 bits per heavy atom. The Labute approximate surface area is 133 Å². The van der Waals surface area contributed by atoms with Crippen LogP contribution >= 0.6 is 27.5 Å². The smallest absolute Gasteiger partial charge is 0.152 e. The number of pyridine rings is 1. The van der Waals surface area contributed by atoms with Gasteiger partial charge in [0.1, 0.15) is 0 Å². The summed E-state index contributed by atoms with van der Waals surface area (Å²) in [5, 5.41) is 4.02. The molecule has 2 rings (SSSR count). The van der Waals surface area contributed by atoms with Gasteiger partial charge in [-0.05, 0) is 34.0 Å². The van der Waals surface area contributed by atoms with Gasteiger partial charge in [-0.3, -0.25) is 0 Å². The molecule has 4 heteroatoms. The maximum atomic E-state index is 6.17. The van der Waals surface area contributed by atoms with E-state index in [4.69, 9.17) is 11.6 Å². The third-order valence-electron chi connectivity index (χ3n) is 3.18. The van der Waals surface area contributed by atoms with Gasteiger partial charge in [0.2, 0.25) is 0 Å². The fraction of sp³-hybridized carbons (Fsp3) is 0.312. The number of anilines is 1. The number of benzene rings is 1. The molecule has 0 spiro atoms. The molecular weight excluding hydrogens is 336 g/mol. The fourth-order valence-corrected chi connectivity index (χ4v) is 2.62. The van der Waals surface area contributed by atoms with Gasteiger partial charge >= 0.3 is 0 Å². The first-order valence-corrected chi connectivity index (χ1v) is 8.00. The molecule has 1 heterocycles. The minimum Gasteiger partial charge on any atom is -0.376 e. The lowest BCUT2D eigenvalue weighted by atomic mass is 10.0. The number of halogens is 2. The van der Waals surface area contributed by atoms with Gasteiger partial charge in [-0.1, -0.05) is 61.7 Å². The molecule has 0 radical (unpaired) electrons. The van der Waals surface area contributed by atoms with Gasteiger partial charge < -0.3 is 5.32 Å². The molecule has 1 aromatic heterocycles. The van der Waals surface area contributed by atoms with E-state index in [0.29, 0.717) is 5.15 Å². The molecule has 1 atom stereocenters. The van der Waals surface area contributed by atoms with Crippen LogP contribution in [0.1, 0.15) is 37.8 Å². The van der Waals surface area contributed by atoms with Crippen molar-refractivity contribution in [2.45, 2.75) is 32.2 Å². The Kier molecular flexibility index (Phi) is 5.86. The summed E-state index contributed by atoms with van der Waals surface area (Å²) in [5.41, 5.74) is 2.14. The first kappa shape index (κ1) is 15.3. The SMILES string of the molecule is CCCCC(Nc1cc(Br)cnc1Cl)c1ccccc1. The lowest BCUT2D eigenvalue weighted by molar-refractivity contribution is 0.634. The van der Waals surface area contributed by atoms with Crippen LogP contribution in [-0.2, 0) is 0 Å². The number of nitrogens with zero attached hydrogens (tertiary/aromatic N) is 1. The molecule has 0 saturated carbocycles. The van der Waals surface area contributed by atoms with Crippen molar-refractivity contribution in [3.63, 3.8) is 0 Å². The summed E-state index contributed by atoms with van der Waals surface area (Å²) in [6, 6.07) is 12.7. The minimum absolute atomic E-state index is 0.254. The van der Waals surface area contributed by atoms with Crippen LogP contribution in [0.15, 0.2) is 47.1 Å². The molecule has 2 nitrogen and oxygen atoms in total. The van der Waals surface area contributed by atoms with Gasteiger partial charge in [0, 0.05) is 10.7 Å². The van der Waals surface area contributed by atoms with Crippen molar-refractivity contribution >= 4 is 33.2 Å². The number of aromatic nitrogens is 1. The molecule has 1 unspecified atom stereocenters. The maximum Gasteiger partial charge on any atom is 0.152 e. The van der Waals surface area contributed by atoms with E-state index in [1.54, 1.807) is 6.20 Å². The van der Waals surface area contributed by atoms with E-state index in [1.165, 1.54) is 18.4 Å². The van der Waals surface area contributed by atoms with Crippen LogP contribution in [0.3, 0.4) is 0 Å². The van der Waals surface area contributed by atoms with E-state index >= 15 is 0 Å². The molecular formula is C16H18BrClN2. The second kappa shape index (κ2) is 7.65. The first-order chi connectivity index (χ1) is 9.70. The van der Waals surface area contributed by atoms with Gasteiger partial charge in [0.25, 0.3) is 0 Å². The van der Waals surface area contributed by atoms with Gasteiger partial charge in [-0.15, -0.1) is 0 Å². The molecule has 0 aliphatic carbocycles. The summed E-state index contributed by atoms with van der Waals surface area (Å²) in [7, 11) is 0. The average molecular weight is 354 g/mol. The Morgan fingerprint density at radius 2 is 2.05 bits per heavy atom.